The van der Waals surface area contributed by atoms with Crippen LogP contribution >= 0.6 is 24.2 Å². The molecule has 27 heavy (non-hydrogen) atoms. The Morgan fingerprint density at radius 2 is 1.85 bits per heavy atom. The van der Waals surface area contributed by atoms with Gasteiger partial charge in [0.05, 0.1) is 0 Å². The van der Waals surface area contributed by atoms with Crippen LogP contribution in [0.15, 0.2) is 29.2 Å². The van der Waals surface area contributed by atoms with Crippen molar-refractivity contribution in [1.82, 2.24) is 15.5 Å². The molecule has 1 aliphatic rings. The Morgan fingerprint density at radius 3 is 2.41 bits per heavy atom. The van der Waals surface area contributed by atoms with Crippen molar-refractivity contribution < 1.29 is 22.4 Å². The van der Waals surface area contributed by atoms with Crippen molar-refractivity contribution in [2.75, 3.05) is 38.5 Å². The molecule has 154 valence electrons. The molecule has 10 heteroatoms. The number of nitrogens with one attached hydrogen (secondary N) is 2. The van der Waals surface area contributed by atoms with Gasteiger partial charge in [-0.1, -0.05) is 6.92 Å². The molecule has 2 unspecified atom stereocenters. The van der Waals surface area contributed by atoms with E-state index in [9.17, 15) is 22.4 Å². The van der Waals surface area contributed by atoms with Crippen LogP contribution in [0.1, 0.15) is 6.92 Å². The van der Waals surface area contributed by atoms with Crippen LogP contribution in [0.3, 0.4) is 0 Å². The minimum Gasteiger partial charge on any atom is -0.354 e. The first-order valence-corrected chi connectivity index (χ1v) is 9.43. The highest BCUT2D eigenvalue weighted by Gasteiger charge is 2.43. The van der Waals surface area contributed by atoms with Gasteiger partial charge < -0.3 is 10.6 Å². The standard InChI is InChI=1S/C17H23F4N3OS.ClH/c1-12(11-26-14-4-2-13(18)3-5-14)16(25)23-10-15(17(19,20)21)24-8-6-22-7-9-24;/h2-5,12,15,22H,6-11H2,1H3,(H,23,25);1H. The number of carbonyl (C=O) groups is 1. The van der Waals surface area contributed by atoms with Crippen molar-refractivity contribution in [2.45, 2.75) is 24.0 Å². The zero-order chi connectivity index (χ0) is 19.2. The molecule has 0 bridgehead atoms. The SMILES string of the molecule is CC(CSc1ccc(F)cc1)C(=O)NCC(N1CCNCC1)C(F)(F)F.Cl. The maximum Gasteiger partial charge on any atom is 0.405 e. The van der Waals surface area contributed by atoms with Crippen LogP contribution in [0, 0.1) is 11.7 Å². The Bertz CT molecular complexity index is 583. The lowest BCUT2D eigenvalue weighted by molar-refractivity contribution is -0.184. The van der Waals surface area contributed by atoms with E-state index in [2.05, 4.69) is 10.6 Å². The Morgan fingerprint density at radius 1 is 1.26 bits per heavy atom. The summed E-state index contributed by atoms with van der Waals surface area (Å²) < 4.78 is 52.8. The molecular formula is C17H24ClF4N3OS. The van der Waals surface area contributed by atoms with Gasteiger partial charge in [0.1, 0.15) is 11.9 Å². The summed E-state index contributed by atoms with van der Waals surface area (Å²) in [7, 11) is 0. The summed E-state index contributed by atoms with van der Waals surface area (Å²) in [6, 6.07) is 4.19. The van der Waals surface area contributed by atoms with Gasteiger partial charge in [-0.05, 0) is 24.3 Å². The van der Waals surface area contributed by atoms with Gasteiger partial charge in [0.2, 0.25) is 5.91 Å². The van der Waals surface area contributed by atoms with E-state index in [-0.39, 0.29) is 18.2 Å². The number of piperazine rings is 1. The molecule has 2 rings (SSSR count). The molecule has 1 aromatic carbocycles. The van der Waals surface area contributed by atoms with Crippen LogP contribution in [-0.2, 0) is 4.79 Å². The van der Waals surface area contributed by atoms with E-state index in [4.69, 9.17) is 0 Å². The molecule has 0 saturated carbocycles. The molecule has 1 aromatic rings. The van der Waals surface area contributed by atoms with Crippen molar-refractivity contribution in [3.63, 3.8) is 0 Å². The second kappa shape index (κ2) is 11.1. The van der Waals surface area contributed by atoms with E-state index in [1.807, 2.05) is 0 Å². The maximum atomic E-state index is 13.3. The van der Waals surface area contributed by atoms with Gasteiger partial charge in [0, 0.05) is 49.3 Å². The maximum absolute atomic E-state index is 13.3. The quantitative estimate of drug-likeness (QED) is 0.516. The fourth-order valence-electron chi connectivity index (χ4n) is 2.64. The van der Waals surface area contributed by atoms with Crippen LogP contribution in [-0.4, -0.2) is 61.5 Å². The second-order valence-electron chi connectivity index (χ2n) is 6.25. The number of hydrogen-bond donors (Lipinski definition) is 2. The molecule has 2 N–H and O–H groups in total. The monoisotopic (exact) mass is 429 g/mol. The van der Waals surface area contributed by atoms with E-state index in [1.165, 1.54) is 28.8 Å². The number of halogens is 5. The van der Waals surface area contributed by atoms with Gasteiger partial charge in [-0.3, -0.25) is 9.69 Å². The Kier molecular flexibility index (Phi) is 9.86. The third kappa shape index (κ3) is 7.85. The van der Waals surface area contributed by atoms with Gasteiger partial charge in [-0.2, -0.15) is 13.2 Å². The molecule has 1 saturated heterocycles. The number of thioether (sulfide) groups is 1. The third-order valence-corrected chi connectivity index (χ3v) is 5.47. The number of hydrogen-bond acceptors (Lipinski definition) is 4. The van der Waals surface area contributed by atoms with Gasteiger partial charge in [0.25, 0.3) is 0 Å². The first-order chi connectivity index (χ1) is 12.3. The summed E-state index contributed by atoms with van der Waals surface area (Å²) in [4.78, 5) is 14.3. The lowest BCUT2D eigenvalue weighted by atomic mass is 10.1. The summed E-state index contributed by atoms with van der Waals surface area (Å²) >= 11 is 1.37. The van der Waals surface area contributed by atoms with Crippen molar-refractivity contribution in [3.05, 3.63) is 30.1 Å². The van der Waals surface area contributed by atoms with Crippen LogP contribution in [0.25, 0.3) is 0 Å². The summed E-state index contributed by atoms with van der Waals surface area (Å²) in [5.74, 6) is -0.806. The zero-order valence-electron chi connectivity index (χ0n) is 14.9. The minimum absolute atomic E-state index is 0. The van der Waals surface area contributed by atoms with Gasteiger partial charge in [-0.15, -0.1) is 24.2 Å². The molecule has 1 aliphatic heterocycles. The van der Waals surface area contributed by atoms with Gasteiger partial charge in [0.15, 0.2) is 0 Å². The number of amides is 1. The third-order valence-electron chi connectivity index (χ3n) is 4.20. The number of alkyl halides is 3. The second-order valence-corrected chi connectivity index (χ2v) is 7.35. The summed E-state index contributed by atoms with van der Waals surface area (Å²) in [5.41, 5.74) is 0. The lowest BCUT2D eigenvalue weighted by Gasteiger charge is -2.36. The van der Waals surface area contributed by atoms with E-state index in [0.29, 0.717) is 31.9 Å². The molecule has 0 radical (unpaired) electrons. The molecule has 1 amide bonds. The fraction of sp³-hybridized carbons (Fsp3) is 0.588. The van der Waals surface area contributed by atoms with Crippen LogP contribution < -0.4 is 10.6 Å². The van der Waals surface area contributed by atoms with E-state index in [0.717, 1.165) is 4.90 Å². The number of rotatable bonds is 7. The number of carbonyl (C=O) groups excluding carboxylic acids is 1. The molecule has 0 spiro atoms. The highest BCUT2D eigenvalue weighted by Crippen LogP contribution is 2.25. The predicted molar refractivity (Wildman–Crippen MR) is 101 cm³/mol. The molecule has 0 aliphatic carbocycles. The summed E-state index contributed by atoms with van der Waals surface area (Å²) in [5, 5.41) is 5.45. The topological polar surface area (TPSA) is 44.4 Å². The number of nitrogens with zero attached hydrogens (tertiary/aromatic N) is 1. The summed E-state index contributed by atoms with van der Waals surface area (Å²) in [6.07, 6.45) is -4.39. The van der Waals surface area contributed by atoms with Gasteiger partial charge in [-0.25, -0.2) is 4.39 Å². The van der Waals surface area contributed by atoms with E-state index < -0.39 is 30.6 Å². The molecule has 2 atom stereocenters. The number of benzene rings is 1. The largest absolute Gasteiger partial charge is 0.405 e. The highest BCUT2D eigenvalue weighted by molar-refractivity contribution is 7.99. The minimum atomic E-state index is -4.39. The summed E-state index contributed by atoms with van der Waals surface area (Å²) in [6.45, 7) is 2.83. The highest BCUT2D eigenvalue weighted by atomic mass is 35.5. The van der Waals surface area contributed by atoms with Crippen LogP contribution in [0.2, 0.25) is 0 Å². The first-order valence-electron chi connectivity index (χ1n) is 8.45. The molecule has 1 fully saturated rings. The predicted octanol–water partition coefficient (Wildman–Crippen LogP) is 2.93. The smallest absolute Gasteiger partial charge is 0.354 e. The Balaban J connectivity index is 0.00000364. The average Bonchev–Trinajstić information content (AvgIpc) is 2.60. The van der Waals surface area contributed by atoms with Crippen molar-refractivity contribution in [2.24, 2.45) is 5.92 Å². The zero-order valence-corrected chi connectivity index (χ0v) is 16.5. The molecule has 1 heterocycles. The first kappa shape index (κ1) is 24.0. The van der Waals surface area contributed by atoms with Crippen LogP contribution in [0.5, 0.6) is 0 Å². The molecule has 4 nitrogen and oxygen atoms in total. The van der Waals surface area contributed by atoms with Crippen LogP contribution in [0.4, 0.5) is 17.6 Å². The van der Waals surface area contributed by atoms with Gasteiger partial charge >= 0.3 is 6.18 Å². The molecular weight excluding hydrogens is 406 g/mol. The molecule has 0 aromatic heterocycles. The van der Waals surface area contributed by atoms with E-state index >= 15 is 0 Å². The Labute approximate surface area is 166 Å². The Hall–Kier alpha value is -1.03. The average molecular weight is 430 g/mol. The van der Waals surface area contributed by atoms with Crippen molar-refractivity contribution in [1.29, 1.82) is 0 Å². The van der Waals surface area contributed by atoms with E-state index in [1.54, 1.807) is 19.1 Å². The normalized spacial score (nSPS) is 17.7. The fourth-order valence-corrected chi connectivity index (χ4v) is 3.57. The van der Waals surface area contributed by atoms with Crippen molar-refractivity contribution in [3.8, 4) is 0 Å². The van der Waals surface area contributed by atoms with Crippen molar-refractivity contribution >= 4 is 30.1 Å². The lowest BCUT2D eigenvalue weighted by Crippen LogP contribution is -2.57.